The van der Waals surface area contributed by atoms with Gasteiger partial charge in [0, 0.05) is 18.1 Å². The molecule has 0 aromatic carbocycles. The van der Waals surface area contributed by atoms with Crippen molar-refractivity contribution in [2.45, 2.75) is 20.3 Å². The molecule has 0 atom stereocenters. The van der Waals surface area contributed by atoms with Gasteiger partial charge in [-0.25, -0.2) is 4.98 Å². The maximum atomic E-state index is 4.48. The van der Waals surface area contributed by atoms with Gasteiger partial charge in [-0.15, -0.1) is 0 Å². The van der Waals surface area contributed by atoms with Gasteiger partial charge in [0.25, 0.3) is 0 Å². The summed E-state index contributed by atoms with van der Waals surface area (Å²) in [5.41, 5.74) is 3.78. The monoisotopic (exact) mass is 252 g/mol. The van der Waals surface area contributed by atoms with E-state index in [1.54, 1.807) is 0 Å². The highest BCUT2D eigenvalue weighted by Gasteiger charge is 2.10. The van der Waals surface area contributed by atoms with Crippen molar-refractivity contribution in [3.05, 3.63) is 28.0 Å². The fraction of sp³-hybridized carbons (Fsp3) is 0.364. The van der Waals surface area contributed by atoms with Crippen molar-refractivity contribution in [2.24, 2.45) is 7.05 Å². The van der Waals surface area contributed by atoms with E-state index < -0.39 is 0 Å². The average molecular weight is 253 g/mol. The van der Waals surface area contributed by atoms with Crippen LogP contribution in [0.25, 0.3) is 11.0 Å². The summed E-state index contributed by atoms with van der Waals surface area (Å²) < 4.78 is 3.05. The minimum atomic E-state index is 0.897. The van der Waals surface area contributed by atoms with Crippen LogP contribution in [-0.4, -0.2) is 9.55 Å². The molecule has 0 amide bonds. The van der Waals surface area contributed by atoms with Crippen LogP contribution in [-0.2, 0) is 13.5 Å². The smallest absolute Gasteiger partial charge is 0.141 e. The molecule has 0 N–H and O–H groups in total. The standard InChI is InChI=1S/C11H13BrN2/c1-4-8-7(2)14(3)11-9(8)5-6-10(12)13-11/h5-6H,4H2,1-3H3. The molecule has 0 aliphatic carbocycles. The Morgan fingerprint density at radius 2 is 2.14 bits per heavy atom. The van der Waals surface area contributed by atoms with Crippen LogP contribution in [0.2, 0.25) is 0 Å². The van der Waals surface area contributed by atoms with Gasteiger partial charge in [0.1, 0.15) is 10.3 Å². The summed E-state index contributed by atoms with van der Waals surface area (Å²) in [6.45, 7) is 4.33. The summed E-state index contributed by atoms with van der Waals surface area (Å²) >= 11 is 3.40. The minimum absolute atomic E-state index is 0.897. The van der Waals surface area contributed by atoms with Gasteiger partial charge in [-0.3, -0.25) is 0 Å². The molecular weight excluding hydrogens is 240 g/mol. The topological polar surface area (TPSA) is 17.8 Å². The van der Waals surface area contributed by atoms with Crippen molar-refractivity contribution in [1.82, 2.24) is 9.55 Å². The summed E-state index contributed by atoms with van der Waals surface area (Å²) in [7, 11) is 2.07. The first-order valence-electron chi connectivity index (χ1n) is 4.75. The summed E-state index contributed by atoms with van der Waals surface area (Å²) in [5.74, 6) is 0. The molecule has 2 aromatic heterocycles. The lowest BCUT2D eigenvalue weighted by molar-refractivity contribution is 0.885. The Bertz CT molecular complexity index is 485. The Labute approximate surface area is 92.1 Å². The lowest BCUT2D eigenvalue weighted by Gasteiger charge is -1.97. The van der Waals surface area contributed by atoms with Crippen LogP contribution in [0.4, 0.5) is 0 Å². The van der Waals surface area contributed by atoms with Crippen molar-refractivity contribution < 1.29 is 0 Å². The van der Waals surface area contributed by atoms with Gasteiger partial charge in [0.05, 0.1) is 0 Å². The van der Waals surface area contributed by atoms with E-state index in [1.165, 1.54) is 16.6 Å². The second-order valence-corrected chi connectivity index (χ2v) is 4.29. The molecule has 14 heavy (non-hydrogen) atoms. The molecule has 0 spiro atoms. The molecule has 0 aliphatic rings. The van der Waals surface area contributed by atoms with E-state index in [9.17, 15) is 0 Å². The van der Waals surface area contributed by atoms with Crippen LogP contribution in [0.1, 0.15) is 18.2 Å². The largest absolute Gasteiger partial charge is 0.333 e. The number of rotatable bonds is 1. The number of hydrogen-bond donors (Lipinski definition) is 0. The van der Waals surface area contributed by atoms with Gasteiger partial charge in [0.2, 0.25) is 0 Å². The molecule has 0 fully saturated rings. The maximum Gasteiger partial charge on any atom is 0.141 e. The molecule has 2 heterocycles. The van der Waals surface area contributed by atoms with E-state index in [4.69, 9.17) is 0 Å². The van der Waals surface area contributed by atoms with E-state index >= 15 is 0 Å². The molecule has 0 radical (unpaired) electrons. The molecule has 0 saturated heterocycles. The third-order valence-corrected chi connectivity index (χ3v) is 3.22. The van der Waals surface area contributed by atoms with Crippen molar-refractivity contribution in [2.75, 3.05) is 0 Å². The van der Waals surface area contributed by atoms with Crippen molar-refractivity contribution in [3.8, 4) is 0 Å². The van der Waals surface area contributed by atoms with E-state index in [0.29, 0.717) is 0 Å². The summed E-state index contributed by atoms with van der Waals surface area (Å²) in [4.78, 5) is 4.48. The number of halogens is 1. The quantitative estimate of drug-likeness (QED) is 0.713. The Morgan fingerprint density at radius 3 is 2.79 bits per heavy atom. The first-order valence-corrected chi connectivity index (χ1v) is 5.54. The fourth-order valence-electron chi connectivity index (χ4n) is 1.92. The predicted octanol–water partition coefficient (Wildman–Crippen LogP) is 3.21. The first kappa shape index (κ1) is 9.71. The average Bonchev–Trinajstić information content (AvgIpc) is 2.41. The van der Waals surface area contributed by atoms with Crippen LogP contribution < -0.4 is 0 Å². The van der Waals surface area contributed by atoms with Gasteiger partial charge in [-0.2, -0.15) is 0 Å². The second kappa shape index (κ2) is 3.39. The molecule has 2 nitrogen and oxygen atoms in total. The second-order valence-electron chi connectivity index (χ2n) is 3.48. The molecule has 3 heteroatoms. The number of pyridine rings is 1. The van der Waals surface area contributed by atoms with Crippen molar-refractivity contribution in [1.29, 1.82) is 0 Å². The summed E-state index contributed by atoms with van der Waals surface area (Å²) in [5, 5.41) is 1.27. The number of aromatic nitrogens is 2. The van der Waals surface area contributed by atoms with Crippen molar-refractivity contribution >= 4 is 27.0 Å². The van der Waals surface area contributed by atoms with Crippen LogP contribution >= 0.6 is 15.9 Å². The lowest BCUT2D eigenvalue weighted by atomic mass is 10.1. The zero-order chi connectivity index (χ0) is 10.3. The third kappa shape index (κ3) is 1.27. The SMILES string of the molecule is CCc1c(C)n(C)c2nc(Br)ccc12. The van der Waals surface area contributed by atoms with Crippen LogP contribution in [0.5, 0.6) is 0 Å². The Kier molecular flexibility index (Phi) is 2.35. The van der Waals surface area contributed by atoms with Crippen LogP contribution in [0, 0.1) is 6.92 Å². The molecule has 74 valence electrons. The number of hydrogen-bond acceptors (Lipinski definition) is 1. The van der Waals surface area contributed by atoms with Crippen LogP contribution in [0.3, 0.4) is 0 Å². The molecular formula is C11H13BrN2. The molecule has 2 aromatic rings. The summed E-state index contributed by atoms with van der Waals surface area (Å²) in [6.07, 6.45) is 1.06. The normalized spacial score (nSPS) is 11.1. The fourth-order valence-corrected chi connectivity index (χ4v) is 2.22. The lowest BCUT2D eigenvalue weighted by Crippen LogP contribution is -1.92. The van der Waals surface area contributed by atoms with E-state index in [1.807, 2.05) is 6.07 Å². The van der Waals surface area contributed by atoms with Crippen LogP contribution in [0.15, 0.2) is 16.7 Å². The highest BCUT2D eigenvalue weighted by molar-refractivity contribution is 9.10. The summed E-state index contributed by atoms with van der Waals surface area (Å²) in [6, 6.07) is 4.14. The highest BCUT2D eigenvalue weighted by atomic mass is 79.9. The highest BCUT2D eigenvalue weighted by Crippen LogP contribution is 2.25. The number of fused-ring (bicyclic) bond motifs is 1. The maximum absolute atomic E-state index is 4.48. The van der Waals surface area contributed by atoms with Gasteiger partial charge in [-0.05, 0) is 47.0 Å². The molecule has 0 saturated carbocycles. The molecule has 2 rings (SSSR count). The predicted molar refractivity (Wildman–Crippen MR) is 62.5 cm³/mol. The van der Waals surface area contributed by atoms with Gasteiger partial charge < -0.3 is 4.57 Å². The minimum Gasteiger partial charge on any atom is -0.333 e. The van der Waals surface area contributed by atoms with Gasteiger partial charge in [-0.1, -0.05) is 6.92 Å². The molecule has 0 unspecified atom stereocenters. The Hall–Kier alpha value is -0.830. The molecule has 0 aliphatic heterocycles. The van der Waals surface area contributed by atoms with E-state index in [2.05, 4.69) is 52.4 Å². The van der Waals surface area contributed by atoms with Gasteiger partial charge >= 0.3 is 0 Å². The van der Waals surface area contributed by atoms with E-state index in [-0.39, 0.29) is 0 Å². The zero-order valence-electron chi connectivity index (χ0n) is 8.63. The molecule has 0 bridgehead atoms. The van der Waals surface area contributed by atoms with Gasteiger partial charge in [0.15, 0.2) is 0 Å². The first-order chi connectivity index (χ1) is 6.65. The number of nitrogens with zero attached hydrogens (tertiary/aromatic N) is 2. The van der Waals surface area contributed by atoms with Crippen molar-refractivity contribution in [3.63, 3.8) is 0 Å². The van der Waals surface area contributed by atoms with E-state index in [0.717, 1.165) is 16.7 Å². The Balaban J connectivity index is 2.88. The number of aryl methyl sites for hydroxylation is 2. The zero-order valence-corrected chi connectivity index (χ0v) is 10.2. The third-order valence-electron chi connectivity index (χ3n) is 2.78. The Morgan fingerprint density at radius 1 is 1.43 bits per heavy atom.